The lowest BCUT2D eigenvalue weighted by atomic mass is 10.2. The highest BCUT2D eigenvalue weighted by molar-refractivity contribution is 7.98. The van der Waals surface area contributed by atoms with E-state index >= 15 is 0 Å². The van der Waals surface area contributed by atoms with Gasteiger partial charge < -0.3 is 9.47 Å². The van der Waals surface area contributed by atoms with Crippen molar-refractivity contribution in [2.75, 3.05) is 20.5 Å². The number of benzene rings is 1. The average molecular weight is 212 g/mol. The molecule has 0 unspecified atom stereocenters. The first-order valence-electron chi connectivity index (χ1n) is 4.02. The molecule has 0 aliphatic carbocycles. The Kier molecular flexibility index (Phi) is 3.83. The normalized spacial score (nSPS) is 9.64. The summed E-state index contributed by atoms with van der Waals surface area (Å²) in [5.74, 6) is 1.33. The molecule has 0 saturated carbocycles. The van der Waals surface area contributed by atoms with Crippen LogP contribution in [-0.2, 0) is 0 Å². The van der Waals surface area contributed by atoms with Crippen molar-refractivity contribution in [2.24, 2.45) is 0 Å². The Morgan fingerprint density at radius 3 is 2.00 bits per heavy atom. The average Bonchev–Trinajstić information content (AvgIpc) is 2.26. The van der Waals surface area contributed by atoms with Crippen molar-refractivity contribution in [2.45, 2.75) is 4.90 Å². The highest BCUT2D eigenvalue weighted by atomic mass is 32.2. The van der Waals surface area contributed by atoms with Crippen molar-refractivity contribution < 1.29 is 14.3 Å². The summed E-state index contributed by atoms with van der Waals surface area (Å²) in [6.07, 6.45) is 2.70. The standard InChI is InChI=1S/C10H12O3S/c1-12-8-4-7(6-11)5-9(13-2)10(8)14-3/h4-6H,1-3H3. The van der Waals surface area contributed by atoms with Crippen LogP contribution in [0.5, 0.6) is 11.5 Å². The molecule has 3 nitrogen and oxygen atoms in total. The van der Waals surface area contributed by atoms with Gasteiger partial charge >= 0.3 is 0 Å². The number of hydrogen-bond donors (Lipinski definition) is 0. The number of thioether (sulfide) groups is 1. The lowest BCUT2D eigenvalue weighted by molar-refractivity contribution is 0.112. The zero-order valence-electron chi connectivity index (χ0n) is 8.37. The maximum atomic E-state index is 10.6. The molecule has 0 saturated heterocycles. The number of rotatable bonds is 4. The maximum absolute atomic E-state index is 10.6. The second-order valence-electron chi connectivity index (χ2n) is 2.58. The molecule has 0 heterocycles. The fraction of sp³-hybridized carbons (Fsp3) is 0.300. The van der Waals surface area contributed by atoms with Crippen molar-refractivity contribution in [3.05, 3.63) is 17.7 Å². The fourth-order valence-corrected chi connectivity index (χ4v) is 1.86. The van der Waals surface area contributed by atoms with Gasteiger partial charge in [-0.15, -0.1) is 11.8 Å². The van der Waals surface area contributed by atoms with Gasteiger partial charge in [-0.3, -0.25) is 4.79 Å². The first kappa shape index (κ1) is 10.9. The van der Waals surface area contributed by atoms with Crippen LogP contribution in [0.3, 0.4) is 0 Å². The molecular weight excluding hydrogens is 200 g/mol. The van der Waals surface area contributed by atoms with Crippen molar-refractivity contribution in [1.29, 1.82) is 0 Å². The van der Waals surface area contributed by atoms with Crippen LogP contribution >= 0.6 is 11.8 Å². The van der Waals surface area contributed by atoms with E-state index in [1.54, 1.807) is 26.4 Å². The lowest BCUT2D eigenvalue weighted by Crippen LogP contribution is -1.94. The number of carbonyl (C=O) groups excluding carboxylic acids is 1. The first-order valence-corrected chi connectivity index (χ1v) is 5.24. The van der Waals surface area contributed by atoms with Gasteiger partial charge in [0.1, 0.15) is 17.8 Å². The molecule has 4 heteroatoms. The number of hydrogen-bond acceptors (Lipinski definition) is 4. The zero-order valence-corrected chi connectivity index (χ0v) is 9.18. The van der Waals surface area contributed by atoms with E-state index in [1.807, 2.05) is 6.26 Å². The van der Waals surface area contributed by atoms with Gasteiger partial charge in [0, 0.05) is 5.56 Å². The monoisotopic (exact) mass is 212 g/mol. The van der Waals surface area contributed by atoms with Crippen molar-refractivity contribution in [1.82, 2.24) is 0 Å². The summed E-state index contributed by atoms with van der Waals surface area (Å²) in [7, 11) is 3.14. The molecule has 1 aromatic rings. The Morgan fingerprint density at radius 2 is 1.71 bits per heavy atom. The number of methoxy groups -OCH3 is 2. The van der Waals surface area contributed by atoms with Crippen LogP contribution in [0, 0.1) is 0 Å². The molecular formula is C10H12O3S. The van der Waals surface area contributed by atoms with Crippen LogP contribution in [0.15, 0.2) is 17.0 Å². The number of ether oxygens (including phenoxy) is 2. The molecule has 0 radical (unpaired) electrons. The van der Waals surface area contributed by atoms with E-state index in [-0.39, 0.29) is 0 Å². The second kappa shape index (κ2) is 4.91. The Hall–Kier alpha value is -1.16. The highest BCUT2D eigenvalue weighted by Crippen LogP contribution is 2.37. The third-order valence-corrected chi connectivity index (χ3v) is 2.63. The van der Waals surface area contributed by atoms with E-state index in [0.29, 0.717) is 17.1 Å². The molecule has 1 aromatic carbocycles. The molecule has 0 aliphatic rings. The van der Waals surface area contributed by atoms with Crippen LogP contribution in [0.2, 0.25) is 0 Å². The molecule has 14 heavy (non-hydrogen) atoms. The first-order chi connectivity index (χ1) is 6.76. The molecule has 0 atom stereocenters. The Bertz CT molecular complexity index is 311. The molecule has 0 aromatic heterocycles. The Labute approximate surface area is 87.4 Å². The summed E-state index contributed by atoms with van der Waals surface area (Å²) in [6, 6.07) is 3.39. The minimum atomic E-state index is 0.552. The fourth-order valence-electron chi connectivity index (χ4n) is 1.17. The maximum Gasteiger partial charge on any atom is 0.150 e. The Morgan fingerprint density at radius 1 is 1.21 bits per heavy atom. The summed E-state index contributed by atoms with van der Waals surface area (Å²) >= 11 is 1.52. The number of aldehydes is 1. The minimum absolute atomic E-state index is 0.552. The van der Waals surface area contributed by atoms with Crippen LogP contribution in [0.25, 0.3) is 0 Å². The van der Waals surface area contributed by atoms with Gasteiger partial charge in [-0.25, -0.2) is 0 Å². The molecule has 0 spiro atoms. The minimum Gasteiger partial charge on any atom is -0.495 e. The molecule has 0 fully saturated rings. The van der Waals surface area contributed by atoms with Gasteiger partial charge in [0.05, 0.1) is 19.1 Å². The van der Waals surface area contributed by atoms with E-state index in [0.717, 1.165) is 11.2 Å². The predicted octanol–water partition coefficient (Wildman–Crippen LogP) is 2.24. The highest BCUT2D eigenvalue weighted by Gasteiger charge is 2.10. The van der Waals surface area contributed by atoms with Gasteiger partial charge in [-0.2, -0.15) is 0 Å². The van der Waals surface area contributed by atoms with Gasteiger partial charge in [-0.05, 0) is 18.4 Å². The third kappa shape index (κ3) is 2.01. The topological polar surface area (TPSA) is 35.5 Å². The summed E-state index contributed by atoms with van der Waals surface area (Å²) < 4.78 is 10.3. The van der Waals surface area contributed by atoms with Gasteiger partial charge in [0.25, 0.3) is 0 Å². The van der Waals surface area contributed by atoms with E-state index in [1.165, 1.54) is 11.8 Å². The molecule has 0 bridgehead atoms. The molecule has 0 N–H and O–H groups in total. The third-order valence-electron chi connectivity index (χ3n) is 1.82. The quantitative estimate of drug-likeness (QED) is 0.566. The van der Waals surface area contributed by atoms with Crippen LogP contribution in [0.1, 0.15) is 10.4 Å². The van der Waals surface area contributed by atoms with Crippen LogP contribution in [-0.4, -0.2) is 26.8 Å². The van der Waals surface area contributed by atoms with Crippen molar-refractivity contribution >= 4 is 18.0 Å². The SMILES string of the molecule is COc1cc(C=O)cc(OC)c1SC. The van der Waals surface area contributed by atoms with Crippen LogP contribution in [0.4, 0.5) is 0 Å². The summed E-state index contributed by atoms with van der Waals surface area (Å²) in [5, 5.41) is 0. The predicted molar refractivity (Wildman–Crippen MR) is 56.7 cm³/mol. The largest absolute Gasteiger partial charge is 0.495 e. The van der Waals surface area contributed by atoms with Crippen molar-refractivity contribution in [3.63, 3.8) is 0 Å². The summed E-state index contributed by atoms with van der Waals surface area (Å²) in [4.78, 5) is 11.5. The van der Waals surface area contributed by atoms with E-state index in [2.05, 4.69) is 0 Å². The summed E-state index contributed by atoms with van der Waals surface area (Å²) in [6.45, 7) is 0. The Balaban J connectivity index is 3.31. The van der Waals surface area contributed by atoms with Gasteiger partial charge in [0.2, 0.25) is 0 Å². The molecule has 1 rings (SSSR count). The summed E-state index contributed by atoms with van der Waals surface area (Å²) in [5.41, 5.74) is 0.552. The van der Waals surface area contributed by atoms with E-state index in [9.17, 15) is 4.79 Å². The smallest absolute Gasteiger partial charge is 0.150 e. The van der Waals surface area contributed by atoms with Gasteiger partial charge in [0.15, 0.2) is 0 Å². The molecule has 0 amide bonds. The number of carbonyl (C=O) groups is 1. The molecule has 0 aliphatic heterocycles. The van der Waals surface area contributed by atoms with E-state index < -0.39 is 0 Å². The molecule has 76 valence electrons. The van der Waals surface area contributed by atoms with Crippen molar-refractivity contribution in [3.8, 4) is 11.5 Å². The van der Waals surface area contributed by atoms with Crippen LogP contribution < -0.4 is 9.47 Å². The second-order valence-corrected chi connectivity index (χ2v) is 3.39. The zero-order chi connectivity index (χ0) is 10.6. The lowest BCUT2D eigenvalue weighted by Gasteiger charge is -2.11. The van der Waals surface area contributed by atoms with E-state index in [4.69, 9.17) is 9.47 Å². The van der Waals surface area contributed by atoms with Gasteiger partial charge in [-0.1, -0.05) is 0 Å².